The van der Waals surface area contributed by atoms with Crippen molar-refractivity contribution in [2.45, 2.75) is 31.1 Å². The lowest BCUT2D eigenvalue weighted by atomic mass is 9.90. The van der Waals surface area contributed by atoms with Crippen LogP contribution < -0.4 is 5.32 Å². The highest BCUT2D eigenvalue weighted by Crippen LogP contribution is 2.58. The number of hydrogen-bond acceptors (Lipinski definition) is 2. The molecule has 0 aliphatic heterocycles. The molecule has 2 aliphatic carbocycles. The maximum atomic E-state index is 13.1. The Morgan fingerprint density at radius 3 is 2.88 bits per heavy atom. The number of fused-ring (bicyclic) bond motifs is 5. The van der Waals surface area contributed by atoms with Crippen LogP contribution in [0.15, 0.2) is 36.5 Å². The first-order valence-electron chi connectivity index (χ1n) is 7.92. The van der Waals surface area contributed by atoms with Crippen LogP contribution in [0.3, 0.4) is 0 Å². The Kier molecular flexibility index (Phi) is 3.30. The van der Waals surface area contributed by atoms with Gasteiger partial charge in [-0.25, -0.2) is 8.78 Å². The van der Waals surface area contributed by atoms with E-state index < -0.39 is 18.0 Å². The second-order valence-corrected chi connectivity index (χ2v) is 6.42. The van der Waals surface area contributed by atoms with Crippen molar-refractivity contribution in [3.63, 3.8) is 0 Å². The number of anilines is 1. The number of benzene rings is 1. The second kappa shape index (κ2) is 5.26. The maximum Gasteiger partial charge on any atom is 0.282 e. The number of nitrogens with one attached hydrogen (secondary N) is 1. The van der Waals surface area contributed by atoms with Crippen LogP contribution in [0.5, 0.6) is 0 Å². The molecule has 24 heavy (non-hydrogen) atoms. The zero-order valence-electron chi connectivity index (χ0n) is 13.2. The molecule has 2 aliphatic rings. The highest BCUT2D eigenvalue weighted by Gasteiger charge is 2.41. The molecule has 0 saturated heterocycles. The Labute approximate surface area is 138 Å². The number of rotatable bonds is 3. The third-order valence-electron chi connectivity index (χ3n) is 5.06. The lowest BCUT2D eigenvalue weighted by Crippen LogP contribution is -2.16. The summed E-state index contributed by atoms with van der Waals surface area (Å²) in [6.45, 7) is 4.19. The number of hydrogen-bond donors (Lipinski definition) is 1. The van der Waals surface area contributed by atoms with Gasteiger partial charge in [0, 0.05) is 30.8 Å². The quantitative estimate of drug-likeness (QED) is 0.860. The molecular formula is C18H17F2N3O. The number of alkyl halides is 2. The van der Waals surface area contributed by atoms with Gasteiger partial charge in [0.05, 0.1) is 5.56 Å². The molecule has 1 saturated carbocycles. The highest BCUT2D eigenvalue weighted by molar-refractivity contribution is 6.05. The summed E-state index contributed by atoms with van der Waals surface area (Å²) >= 11 is 0. The molecule has 1 unspecified atom stereocenters. The molecule has 124 valence electrons. The van der Waals surface area contributed by atoms with Gasteiger partial charge in [0.2, 0.25) is 0 Å². The summed E-state index contributed by atoms with van der Waals surface area (Å²) in [7, 11) is 1.52. The molecule has 1 amide bonds. The van der Waals surface area contributed by atoms with Gasteiger partial charge in [0.25, 0.3) is 12.3 Å². The molecule has 1 aromatic carbocycles. The monoisotopic (exact) mass is 329 g/mol. The number of nitrogens with zero attached hydrogens (tertiary/aromatic N) is 2. The predicted octanol–water partition coefficient (Wildman–Crippen LogP) is 4.14. The fourth-order valence-electron chi connectivity index (χ4n) is 4.05. The van der Waals surface area contributed by atoms with E-state index in [2.05, 4.69) is 23.1 Å². The molecule has 6 heteroatoms. The smallest absolute Gasteiger partial charge is 0.282 e. The first kappa shape index (κ1) is 15.1. The minimum absolute atomic E-state index is 0.0907. The molecular weight excluding hydrogens is 312 g/mol. The van der Waals surface area contributed by atoms with Crippen LogP contribution in [0.1, 0.15) is 58.3 Å². The van der Waals surface area contributed by atoms with E-state index in [0.717, 1.165) is 18.4 Å². The highest BCUT2D eigenvalue weighted by atomic mass is 19.3. The van der Waals surface area contributed by atoms with Gasteiger partial charge in [-0.1, -0.05) is 24.3 Å². The zero-order chi connectivity index (χ0) is 17.0. The SMILES string of the molecule is C=C1C2CC[C@@H]1c1c(NC(=O)c3cn(C)nc3C(F)F)cccc12. The molecule has 2 aromatic rings. The van der Waals surface area contributed by atoms with Crippen LogP contribution in [-0.2, 0) is 7.05 Å². The van der Waals surface area contributed by atoms with Crippen molar-refractivity contribution in [3.8, 4) is 0 Å². The first-order valence-corrected chi connectivity index (χ1v) is 7.92. The van der Waals surface area contributed by atoms with Crippen molar-refractivity contribution in [2.24, 2.45) is 7.05 Å². The molecule has 1 N–H and O–H groups in total. The summed E-state index contributed by atoms with van der Waals surface area (Å²) in [5, 5.41) is 6.49. The van der Waals surface area contributed by atoms with Crippen molar-refractivity contribution < 1.29 is 13.6 Å². The van der Waals surface area contributed by atoms with Crippen LogP contribution in [0, 0.1) is 0 Å². The Balaban J connectivity index is 1.69. The number of carbonyl (C=O) groups excluding carboxylic acids is 1. The van der Waals surface area contributed by atoms with Gasteiger partial charge in [0.15, 0.2) is 0 Å². The summed E-state index contributed by atoms with van der Waals surface area (Å²) in [5.74, 6) is 0.0574. The van der Waals surface area contributed by atoms with E-state index in [9.17, 15) is 13.6 Å². The molecule has 1 aromatic heterocycles. The van der Waals surface area contributed by atoms with E-state index in [0.29, 0.717) is 11.6 Å². The lowest BCUT2D eigenvalue weighted by Gasteiger charge is -2.18. The summed E-state index contributed by atoms with van der Waals surface area (Å²) in [4.78, 5) is 12.5. The molecule has 2 atom stereocenters. The van der Waals surface area contributed by atoms with E-state index in [4.69, 9.17) is 0 Å². The molecule has 1 fully saturated rings. The first-order chi connectivity index (χ1) is 11.5. The predicted molar refractivity (Wildman–Crippen MR) is 86.4 cm³/mol. The maximum absolute atomic E-state index is 13.1. The number of halogens is 2. The minimum Gasteiger partial charge on any atom is -0.322 e. The number of allylic oxidation sites excluding steroid dienone is 1. The van der Waals surface area contributed by atoms with Crippen molar-refractivity contribution in [2.75, 3.05) is 5.32 Å². The molecule has 0 spiro atoms. The van der Waals surface area contributed by atoms with E-state index in [1.807, 2.05) is 12.1 Å². The zero-order valence-corrected chi connectivity index (χ0v) is 13.2. The largest absolute Gasteiger partial charge is 0.322 e. The topological polar surface area (TPSA) is 46.9 Å². The number of carbonyl (C=O) groups is 1. The summed E-state index contributed by atoms with van der Waals surface area (Å²) < 4.78 is 27.4. The molecule has 4 nitrogen and oxygen atoms in total. The minimum atomic E-state index is -2.79. The van der Waals surface area contributed by atoms with Crippen LogP contribution >= 0.6 is 0 Å². The molecule has 2 bridgehead atoms. The van der Waals surface area contributed by atoms with Gasteiger partial charge < -0.3 is 5.32 Å². The lowest BCUT2D eigenvalue weighted by molar-refractivity contribution is 0.101. The van der Waals surface area contributed by atoms with Gasteiger partial charge in [-0.2, -0.15) is 5.10 Å². The summed E-state index contributed by atoms with van der Waals surface area (Å²) in [6.07, 6.45) is 0.652. The van der Waals surface area contributed by atoms with E-state index in [-0.39, 0.29) is 11.5 Å². The van der Waals surface area contributed by atoms with Crippen LogP contribution in [-0.4, -0.2) is 15.7 Å². The summed E-state index contributed by atoms with van der Waals surface area (Å²) in [5.41, 5.74) is 3.60. The summed E-state index contributed by atoms with van der Waals surface area (Å²) in [6, 6.07) is 5.78. The van der Waals surface area contributed by atoms with Gasteiger partial charge in [-0.15, -0.1) is 0 Å². The van der Waals surface area contributed by atoms with Crippen LogP contribution in [0.2, 0.25) is 0 Å². The van der Waals surface area contributed by atoms with E-state index in [1.54, 1.807) is 0 Å². The van der Waals surface area contributed by atoms with E-state index >= 15 is 0 Å². The van der Waals surface area contributed by atoms with Crippen molar-refractivity contribution in [1.29, 1.82) is 0 Å². The average Bonchev–Trinajstić information content (AvgIpc) is 3.19. The Morgan fingerprint density at radius 1 is 1.38 bits per heavy atom. The van der Waals surface area contributed by atoms with E-state index in [1.165, 1.54) is 29.1 Å². The Hall–Kier alpha value is -2.50. The fraction of sp³-hybridized carbons (Fsp3) is 0.333. The Morgan fingerprint density at radius 2 is 2.12 bits per heavy atom. The number of amides is 1. The van der Waals surface area contributed by atoms with Crippen molar-refractivity contribution in [3.05, 3.63) is 58.9 Å². The van der Waals surface area contributed by atoms with Crippen molar-refractivity contribution >= 4 is 11.6 Å². The normalized spacial score (nSPS) is 21.4. The van der Waals surface area contributed by atoms with Gasteiger partial charge in [-0.3, -0.25) is 9.48 Å². The van der Waals surface area contributed by atoms with Crippen LogP contribution in [0.4, 0.5) is 14.5 Å². The number of aromatic nitrogens is 2. The fourth-order valence-corrected chi connectivity index (χ4v) is 4.05. The molecule has 0 radical (unpaired) electrons. The standard InChI is InChI=1S/C18H17F2N3O/c1-9-10-6-7-11(9)15-12(10)4-3-5-14(15)21-18(24)13-8-23(2)22-16(13)17(19)20/h3-5,8,10-11,17H,1,6-7H2,2H3,(H,21,24)/t10?,11-/m0/s1. The molecule has 4 rings (SSSR count). The van der Waals surface area contributed by atoms with Gasteiger partial charge in [0.1, 0.15) is 5.69 Å². The van der Waals surface area contributed by atoms with Crippen LogP contribution in [0.25, 0.3) is 0 Å². The molecule has 1 heterocycles. The Bertz CT molecular complexity index is 856. The average molecular weight is 329 g/mol. The van der Waals surface area contributed by atoms with Gasteiger partial charge >= 0.3 is 0 Å². The van der Waals surface area contributed by atoms with Gasteiger partial charge in [-0.05, 0) is 30.0 Å². The van der Waals surface area contributed by atoms with Crippen molar-refractivity contribution in [1.82, 2.24) is 9.78 Å². The third kappa shape index (κ3) is 2.09. The second-order valence-electron chi connectivity index (χ2n) is 6.42. The number of aryl methyl sites for hydroxylation is 1. The third-order valence-corrected chi connectivity index (χ3v) is 5.06.